The molecule has 0 aromatic carbocycles. The van der Waals surface area contributed by atoms with Gasteiger partial charge in [0.2, 0.25) is 0 Å². The highest BCUT2D eigenvalue weighted by molar-refractivity contribution is 5.20. The number of rotatable bonds is 4. The lowest BCUT2D eigenvalue weighted by atomic mass is 10.2. The minimum absolute atomic E-state index is 1.04. The molecule has 0 aliphatic heterocycles. The summed E-state index contributed by atoms with van der Waals surface area (Å²) in [6, 6.07) is 0. The van der Waals surface area contributed by atoms with Gasteiger partial charge < -0.3 is 5.32 Å². The Balaban J connectivity index is 0. The average Bonchev–Trinajstić information content (AvgIpc) is 2.14. The minimum Gasteiger partial charge on any atom is -0.320 e. The molecule has 0 aliphatic rings. The third-order valence-corrected chi connectivity index (χ3v) is 1.36. The monoisotopic (exact) mass is 167 g/mol. The van der Waals surface area contributed by atoms with Crippen molar-refractivity contribution in [1.29, 1.82) is 0 Å². The number of hydrogen-bond acceptors (Lipinski definition) is 1. The van der Waals surface area contributed by atoms with Crippen LogP contribution < -0.4 is 5.32 Å². The van der Waals surface area contributed by atoms with E-state index in [1.807, 2.05) is 19.2 Å². The maximum atomic E-state index is 3.63. The van der Waals surface area contributed by atoms with Crippen LogP contribution in [0.2, 0.25) is 0 Å². The van der Waals surface area contributed by atoms with E-state index in [1.165, 1.54) is 5.57 Å². The van der Waals surface area contributed by atoms with Gasteiger partial charge in [0.05, 0.1) is 0 Å². The molecule has 70 valence electrons. The van der Waals surface area contributed by atoms with Gasteiger partial charge >= 0.3 is 0 Å². The van der Waals surface area contributed by atoms with E-state index >= 15 is 0 Å². The fourth-order valence-corrected chi connectivity index (χ4v) is 0.482. The third-order valence-electron chi connectivity index (χ3n) is 1.36. The molecule has 0 unspecified atom stereocenters. The molecule has 0 saturated carbocycles. The summed E-state index contributed by atoms with van der Waals surface area (Å²) in [5.41, 5.74) is 1.24. The smallest absolute Gasteiger partial charge is 0.00804 e. The average molecular weight is 167 g/mol. The van der Waals surface area contributed by atoms with Crippen LogP contribution in [0.4, 0.5) is 0 Å². The van der Waals surface area contributed by atoms with Crippen molar-refractivity contribution < 1.29 is 0 Å². The molecule has 0 rings (SSSR count). The molecule has 0 radical (unpaired) electrons. The predicted molar refractivity (Wildman–Crippen MR) is 58.4 cm³/mol. The molecule has 0 atom stereocenters. The first-order valence-corrected chi connectivity index (χ1v) is 4.35. The summed E-state index contributed by atoms with van der Waals surface area (Å²) >= 11 is 0. The summed E-state index contributed by atoms with van der Waals surface area (Å²) in [7, 11) is 1.93. The van der Waals surface area contributed by atoms with Crippen LogP contribution in [0.1, 0.15) is 20.3 Å². The number of hydrogen-bond donors (Lipinski definition) is 1. The van der Waals surface area contributed by atoms with Gasteiger partial charge in [0.15, 0.2) is 0 Å². The Bertz CT molecular complexity index is 132. The van der Waals surface area contributed by atoms with Crippen molar-refractivity contribution in [2.45, 2.75) is 20.3 Å². The molecule has 0 aromatic rings. The van der Waals surface area contributed by atoms with Gasteiger partial charge in [-0.25, -0.2) is 0 Å². The SMILES string of the molecule is C=C/C=C(\C=C)CC.CCNC. The van der Waals surface area contributed by atoms with Gasteiger partial charge in [0, 0.05) is 0 Å². The lowest BCUT2D eigenvalue weighted by molar-refractivity contribution is 0.864. The molecule has 0 fully saturated rings. The highest BCUT2D eigenvalue weighted by Gasteiger charge is 1.79. The van der Waals surface area contributed by atoms with Gasteiger partial charge in [0.25, 0.3) is 0 Å². The molecule has 1 N–H and O–H groups in total. The van der Waals surface area contributed by atoms with Crippen molar-refractivity contribution >= 4 is 0 Å². The summed E-state index contributed by atoms with van der Waals surface area (Å²) in [5.74, 6) is 0. The summed E-state index contributed by atoms with van der Waals surface area (Å²) in [6.07, 6.45) is 6.63. The van der Waals surface area contributed by atoms with Crippen molar-refractivity contribution in [3.8, 4) is 0 Å². The Kier molecular flexibility index (Phi) is 14.7. The Hall–Kier alpha value is -0.820. The normalized spacial score (nSPS) is 9.75. The van der Waals surface area contributed by atoms with Gasteiger partial charge in [-0.1, -0.05) is 45.2 Å². The van der Waals surface area contributed by atoms with E-state index in [0.717, 1.165) is 13.0 Å². The Morgan fingerprint density at radius 2 is 1.83 bits per heavy atom. The summed E-state index contributed by atoms with van der Waals surface area (Å²) in [6.45, 7) is 12.4. The van der Waals surface area contributed by atoms with Gasteiger partial charge in [-0.15, -0.1) is 0 Å². The predicted octanol–water partition coefficient (Wildman–Crippen LogP) is 2.92. The quantitative estimate of drug-likeness (QED) is 0.635. The topological polar surface area (TPSA) is 12.0 Å². The second kappa shape index (κ2) is 12.8. The van der Waals surface area contributed by atoms with Crippen LogP contribution in [0.15, 0.2) is 37.0 Å². The zero-order valence-corrected chi connectivity index (χ0v) is 8.56. The summed E-state index contributed by atoms with van der Waals surface area (Å²) in [4.78, 5) is 0. The van der Waals surface area contributed by atoms with E-state index in [9.17, 15) is 0 Å². The van der Waals surface area contributed by atoms with E-state index in [1.54, 1.807) is 6.08 Å². The first-order chi connectivity index (χ1) is 5.76. The van der Waals surface area contributed by atoms with Gasteiger partial charge in [-0.05, 0) is 25.6 Å². The highest BCUT2D eigenvalue weighted by Crippen LogP contribution is 1.99. The molecule has 0 spiro atoms. The van der Waals surface area contributed by atoms with E-state index in [4.69, 9.17) is 0 Å². The van der Waals surface area contributed by atoms with Crippen molar-refractivity contribution in [3.05, 3.63) is 37.0 Å². The Morgan fingerprint density at radius 3 is 1.92 bits per heavy atom. The molecule has 0 aliphatic carbocycles. The van der Waals surface area contributed by atoms with Crippen molar-refractivity contribution in [3.63, 3.8) is 0 Å². The van der Waals surface area contributed by atoms with Crippen LogP contribution in [-0.4, -0.2) is 13.6 Å². The van der Waals surface area contributed by atoms with Crippen LogP contribution in [0.25, 0.3) is 0 Å². The fourth-order valence-electron chi connectivity index (χ4n) is 0.482. The molecule has 12 heavy (non-hydrogen) atoms. The fraction of sp³-hybridized carbons (Fsp3) is 0.455. The molecule has 1 nitrogen and oxygen atoms in total. The third kappa shape index (κ3) is 11.9. The second-order valence-electron chi connectivity index (χ2n) is 2.24. The van der Waals surface area contributed by atoms with Crippen LogP contribution in [-0.2, 0) is 0 Å². The lowest BCUT2D eigenvalue weighted by Gasteiger charge is -1.89. The maximum absolute atomic E-state index is 3.63. The van der Waals surface area contributed by atoms with Gasteiger partial charge in [0.1, 0.15) is 0 Å². The zero-order valence-electron chi connectivity index (χ0n) is 8.56. The molecule has 0 heterocycles. The second-order valence-corrected chi connectivity index (χ2v) is 2.24. The summed E-state index contributed by atoms with van der Waals surface area (Å²) in [5, 5.41) is 2.93. The van der Waals surface area contributed by atoms with Crippen molar-refractivity contribution in [1.82, 2.24) is 5.32 Å². The Morgan fingerprint density at radius 1 is 1.33 bits per heavy atom. The minimum atomic E-state index is 1.04. The van der Waals surface area contributed by atoms with E-state index in [-0.39, 0.29) is 0 Å². The largest absolute Gasteiger partial charge is 0.320 e. The molecule has 0 aromatic heterocycles. The molecule has 0 amide bonds. The molecule has 1 heteroatoms. The number of nitrogens with one attached hydrogen (secondary N) is 1. The van der Waals surface area contributed by atoms with Gasteiger partial charge in [-0.2, -0.15) is 0 Å². The summed E-state index contributed by atoms with van der Waals surface area (Å²) < 4.78 is 0. The number of allylic oxidation sites excluding steroid dienone is 4. The lowest BCUT2D eigenvalue weighted by Crippen LogP contribution is -2.01. The molecular weight excluding hydrogens is 146 g/mol. The van der Waals surface area contributed by atoms with Crippen molar-refractivity contribution in [2.75, 3.05) is 13.6 Å². The van der Waals surface area contributed by atoms with Crippen LogP contribution in [0, 0.1) is 0 Å². The first-order valence-electron chi connectivity index (χ1n) is 4.35. The molecule has 0 saturated heterocycles. The maximum Gasteiger partial charge on any atom is -0.00804 e. The zero-order chi connectivity index (χ0) is 9.82. The van der Waals surface area contributed by atoms with Gasteiger partial charge in [-0.3, -0.25) is 0 Å². The molecular formula is C11H21N. The first kappa shape index (κ1) is 13.7. The molecule has 0 bridgehead atoms. The van der Waals surface area contributed by atoms with E-state index < -0.39 is 0 Å². The van der Waals surface area contributed by atoms with Crippen LogP contribution in [0.3, 0.4) is 0 Å². The Labute approximate surface area is 76.9 Å². The highest BCUT2D eigenvalue weighted by atomic mass is 14.8. The van der Waals surface area contributed by atoms with E-state index in [0.29, 0.717) is 0 Å². The van der Waals surface area contributed by atoms with Crippen molar-refractivity contribution in [2.24, 2.45) is 0 Å². The van der Waals surface area contributed by atoms with Crippen LogP contribution in [0.5, 0.6) is 0 Å². The standard InChI is InChI=1S/C8H12.C3H9N/c1-4-7-8(5-2)6-3;1-3-4-2/h4-5,7H,1-2,6H2,3H3;4H,3H2,1-2H3/b8-7+;. The van der Waals surface area contributed by atoms with Crippen LogP contribution >= 0.6 is 0 Å². The van der Waals surface area contributed by atoms with E-state index in [2.05, 4.69) is 32.3 Å².